The van der Waals surface area contributed by atoms with Gasteiger partial charge >= 0.3 is 0 Å². The van der Waals surface area contributed by atoms with Crippen molar-refractivity contribution < 1.29 is 14.4 Å². The Labute approximate surface area is 114 Å². The van der Waals surface area contributed by atoms with Crippen molar-refractivity contribution >= 4 is 5.91 Å². The minimum absolute atomic E-state index is 0.0839. The van der Waals surface area contributed by atoms with Crippen LogP contribution in [0.4, 0.5) is 0 Å². The molecule has 1 amide bonds. The SMILES string of the molecule is Cc1noc(C)c1CC(C)C(=O)N(C)CCC(C)O. The van der Waals surface area contributed by atoms with E-state index in [-0.39, 0.29) is 17.9 Å². The number of carbonyl (C=O) groups is 1. The smallest absolute Gasteiger partial charge is 0.225 e. The van der Waals surface area contributed by atoms with E-state index in [4.69, 9.17) is 4.52 Å². The Balaban J connectivity index is 2.57. The van der Waals surface area contributed by atoms with E-state index >= 15 is 0 Å². The van der Waals surface area contributed by atoms with Crippen molar-refractivity contribution in [1.82, 2.24) is 10.1 Å². The highest BCUT2D eigenvalue weighted by molar-refractivity contribution is 5.78. The lowest BCUT2D eigenvalue weighted by Gasteiger charge is -2.22. The third-order valence-electron chi connectivity index (χ3n) is 3.37. The largest absolute Gasteiger partial charge is 0.393 e. The molecule has 0 saturated heterocycles. The quantitative estimate of drug-likeness (QED) is 0.852. The van der Waals surface area contributed by atoms with Crippen molar-refractivity contribution in [3.05, 3.63) is 17.0 Å². The first-order valence-corrected chi connectivity index (χ1v) is 6.67. The van der Waals surface area contributed by atoms with Crippen LogP contribution < -0.4 is 0 Å². The maximum atomic E-state index is 12.2. The number of aliphatic hydroxyl groups excluding tert-OH is 1. The molecule has 1 heterocycles. The first kappa shape index (κ1) is 15.7. The summed E-state index contributed by atoms with van der Waals surface area (Å²) in [5.74, 6) is 0.750. The van der Waals surface area contributed by atoms with Gasteiger partial charge in [-0.15, -0.1) is 0 Å². The van der Waals surface area contributed by atoms with Gasteiger partial charge in [-0.25, -0.2) is 0 Å². The second kappa shape index (κ2) is 6.70. The van der Waals surface area contributed by atoms with E-state index in [1.807, 2.05) is 20.8 Å². The summed E-state index contributed by atoms with van der Waals surface area (Å²) >= 11 is 0. The highest BCUT2D eigenvalue weighted by atomic mass is 16.5. The van der Waals surface area contributed by atoms with Crippen LogP contribution in [0.15, 0.2) is 4.52 Å². The van der Waals surface area contributed by atoms with E-state index in [1.165, 1.54) is 0 Å². The van der Waals surface area contributed by atoms with Crippen LogP contribution >= 0.6 is 0 Å². The number of amides is 1. The number of hydrogen-bond donors (Lipinski definition) is 1. The van der Waals surface area contributed by atoms with Crippen molar-refractivity contribution in [2.24, 2.45) is 5.92 Å². The van der Waals surface area contributed by atoms with E-state index in [0.717, 1.165) is 17.0 Å². The molecule has 0 aromatic carbocycles. The monoisotopic (exact) mass is 268 g/mol. The molecule has 0 aliphatic carbocycles. The summed E-state index contributed by atoms with van der Waals surface area (Å²) in [5, 5.41) is 13.1. The fraction of sp³-hybridized carbons (Fsp3) is 0.714. The molecule has 0 bridgehead atoms. The van der Waals surface area contributed by atoms with Crippen molar-refractivity contribution in [3.8, 4) is 0 Å². The summed E-state index contributed by atoms with van der Waals surface area (Å²) in [5.41, 5.74) is 1.87. The molecule has 5 nitrogen and oxygen atoms in total. The number of nitrogens with zero attached hydrogens (tertiary/aromatic N) is 2. The van der Waals surface area contributed by atoms with Gasteiger partial charge in [-0.1, -0.05) is 12.1 Å². The first-order valence-electron chi connectivity index (χ1n) is 6.67. The lowest BCUT2D eigenvalue weighted by Crippen LogP contribution is -2.34. The third kappa shape index (κ3) is 4.35. The van der Waals surface area contributed by atoms with Crippen LogP contribution in [0.25, 0.3) is 0 Å². The summed E-state index contributed by atoms with van der Waals surface area (Å²) in [6, 6.07) is 0. The van der Waals surface area contributed by atoms with Gasteiger partial charge in [-0.05, 0) is 33.6 Å². The molecule has 2 atom stereocenters. The van der Waals surface area contributed by atoms with Crippen LogP contribution in [0.1, 0.15) is 37.3 Å². The van der Waals surface area contributed by atoms with Crippen LogP contribution in [0, 0.1) is 19.8 Å². The standard InChI is InChI=1S/C14H24N2O3/c1-9(8-13-11(3)15-19-12(13)4)14(18)16(5)7-6-10(2)17/h9-10,17H,6-8H2,1-5H3. The summed E-state index contributed by atoms with van der Waals surface area (Å²) in [6.45, 7) is 7.96. The molecule has 19 heavy (non-hydrogen) atoms. The van der Waals surface area contributed by atoms with Gasteiger partial charge in [0.25, 0.3) is 0 Å². The molecule has 2 unspecified atom stereocenters. The lowest BCUT2D eigenvalue weighted by atomic mass is 9.98. The summed E-state index contributed by atoms with van der Waals surface area (Å²) in [7, 11) is 1.77. The molecule has 5 heteroatoms. The molecule has 1 aromatic rings. The Morgan fingerprint density at radius 1 is 1.42 bits per heavy atom. The van der Waals surface area contributed by atoms with E-state index in [2.05, 4.69) is 5.16 Å². The molecule has 0 aliphatic heterocycles. The lowest BCUT2D eigenvalue weighted by molar-refractivity contribution is -0.133. The third-order valence-corrected chi connectivity index (χ3v) is 3.37. The zero-order valence-corrected chi connectivity index (χ0v) is 12.4. The molecule has 1 aromatic heterocycles. The van der Waals surface area contributed by atoms with Gasteiger partial charge in [0.1, 0.15) is 5.76 Å². The highest BCUT2D eigenvalue weighted by Gasteiger charge is 2.21. The zero-order chi connectivity index (χ0) is 14.6. The number of hydrogen-bond acceptors (Lipinski definition) is 4. The van der Waals surface area contributed by atoms with E-state index in [9.17, 15) is 9.90 Å². The normalized spacial score (nSPS) is 14.2. The Bertz CT molecular complexity index is 407. The van der Waals surface area contributed by atoms with Crippen molar-refractivity contribution in [2.75, 3.05) is 13.6 Å². The molecular weight excluding hydrogens is 244 g/mol. The topological polar surface area (TPSA) is 66.6 Å². The predicted octanol–water partition coefficient (Wildman–Crippen LogP) is 1.70. The van der Waals surface area contributed by atoms with E-state index in [1.54, 1.807) is 18.9 Å². The molecule has 108 valence electrons. The van der Waals surface area contributed by atoms with E-state index in [0.29, 0.717) is 19.4 Å². The average molecular weight is 268 g/mol. The van der Waals surface area contributed by atoms with Crippen LogP contribution in [0.5, 0.6) is 0 Å². The van der Waals surface area contributed by atoms with Crippen LogP contribution in [-0.2, 0) is 11.2 Å². The zero-order valence-electron chi connectivity index (χ0n) is 12.4. The highest BCUT2D eigenvalue weighted by Crippen LogP contribution is 2.18. The van der Waals surface area contributed by atoms with Gasteiger partial charge in [0.15, 0.2) is 0 Å². The van der Waals surface area contributed by atoms with Gasteiger partial charge in [0.2, 0.25) is 5.91 Å². The van der Waals surface area contributed by atoms with Crippen LogP contribution in [-0.4, -0.2) is 40.8 Å². The molecule has 0 spiro atoms. The van der Waals surface area contributed by atoms with Crippen molar-refractivity contribution in [3.63, 3.8) is 0 Å². The first-order chi connectivity index (χ1) is 8.82. The molecule has 0 aliphatic rings. The Morgan fingerprint density at radius 2 is 2.05 bits per heavy atom. The Kier molecular flexibility index (Phi) is 5.54. The number of aromatic nitrogens is 1. The molecule has 0 radical (unpaired) electrons. The van der Waals surface area contributed by atoms with Crippen molar-refractivity contribution in [1.29, 1.82) is 0 Å². The number of aliphatic hydroxyl groups is 1. The summed E-state index contributed by atoms with van der Waals surface area (Å²) in [6.07, 6.45) is 0.854. The molecule has 1 rings (SSSR count). The maximum absolute atomic E-state index is 12.2. The van der Waals surface area contributed by atoms with Gasteiger partial charge in [-0.2, -0.15) is 0 Å². The summed E-state index contributed by atoms with van der Waals surface area (Å²) in [4.78, 5) is 13.9. The molecule has 0 fully saturated rings. The number of aryl methyl sites for hydroxylation is 2. The fourth-order valence-electron chi connectivity index (χ4n) is 2.05. The van der Waals surface area contributed by atoms with Gasteiger partial charge in [-0.3, -0.25) is 4.79 Å². The van der Waals surface area contributed by atoms with Gasteiger partial charge < -0.3 is 14.5 Å². The van der Waals surface area contributed by atoms with Gasteiger partial charge in [0.05, 0.1) is 11.8 Å². The predicted molar refractivity (Wildman–Crippen MR) is 72.8 cm³/mol. The van der Waals surface area contributed by atoms with Crippen LogP contribution in [0.2, 0.25) is 0 Å². The molecular formula is C14H24N2O3. The Morgan fingerprint density at radius 3 is 2.53 bits per heavy atom. The van der Waals surface area contributed by atoms with Gasteiger partial charge in [0, 0.05) is 25.1 Å². The minimum atomic E-state index is -0.381. The molecule has 0 saturated carbocycles. The Hall–Kier alpha value is -1.36. The maximum Gasteiger partial charge on any atom is 0.225 e. The van der Waals surface area contributed by atoms with Crippen LogP contribution in [0.3, 0.4) is 0 Å². The minimum Gasteiger partial charge on any atom is -0.393 e. The summed E-state index contributed by atoms with van der Waals surface area (Å²) < 4.78 is 5.11. The molecule has 1 N–H and O–H groups in total. The number of rotatable bonds is 6. The second-order valence-electron chi connectivity index (χ2n) is 5.31. The number of carbonyl (C=O) groups excluding carboxylic acids is 1. The van der Waals surface area contributed by atoms with E-state index < -0.39 is 0 Å². The van der Waals surface area contributed by atoms with Crippen molar-refractivity contribution in [2.45, 2.75) is 46.6 Å². The fourth-order valence-corrected chi connectivity index (χ4v) is 2.05. The average Bonchev–Trinajstić information content (AvgIpc) is 2.66. The second-order valence-corrected chi connectivity index (χ2v) is 5.31.